The van der Waals surface area contributed by atoms with Gasteiger partial charge in [0.05, 0.1) is 17.6 Å². The minimum Gasteiger partial charge on any atom is -0.462 e. The van der Waals surface area contributed by atoms with E-state index in [1.54, 1.807) is 6.92 Å². The topological polar surface area (TPSA) is 93.5 Å². The van der Waals surface area contributed by atoms with E-state index in [2.05, 4.69) is 10.6 Å². The lowest BCUT2D eigenvalue weighted by atomic mass is 10.0. The predicted molar refractivity (Wildman–Crippen MR) is 123 cm³/mol. The zero-order valence-electron chi connectivity index (χ0n) is 16.6. The molecule has 0 aliphatic carbocycles. The van der Waals surface area contributed by atoms with Gasteiger partial charge in [0.15, 0.2) is 5.11 Å². The third-order valence-electron chi connectivity index (χ3n) is 4.26. The van der Waals surface area contributed by atoms with Crippen LogP contribution in [0.4, 0.5) is 20.8 Å². The maximum absolute atomic E-state index is 13.4. The summed E-state index contributed by atoms with van der Waals surface area (Å²) in [7, 11) is 0. The van der Waals surface area contributed by atoms with Crippen LogP contribution in [0.15, 0.2) is 48.5 Å². The van der Waals surface area contributed by atoms with E-state index in [4.69, 9.17) is 17.0 Å². The highest BCUT2D eigenvalue weighted by molar-refractivity contribution is 7.80. The minimum absolute atomic E-state index is 0.0149. The number of nitrogens with zero attached hydrogens (tertiary/aromatic N) is 1. The second kappa shape index (κ2) is 9.63. The Kier molecular flexibility index (Phi) is 6.93. The summed E-state index contributed by atoms with van der Waals surface area (Å²) in [4.78, 5) is 24.1. The Hall–Kier alpha value is -3.37. The number of esters is 1. The van der Waals surface area contributed by atoms with Gasteiger partial charge in [-0.2, -0.15) is 0 Å². The van der Waals surface area contributed by atoms with Gasteiger partial charge in [-0.15, -0.1) is 11.3 Å². The Bertz CT molecular complexity index is 1150. The lowest BCUT2D eigenvalue weighted by molar-refractivity contribution is -0.384. The zero-order valence-corrected chi connectivity index (χ0v) is 18.2. The van der Waals surface area contributed by atoms with Crippen molar-refractivity contribution in [2.24, 2.45) is 0 Å². The first-order valence-corrected chi connectivity index (χ1v) is 10.4. The van der Waals surface area contributed by atoms with Crippen molar-refractivity contribution >= 4 is 51.0 Å². The summed E-state index contributed by atoms with van der Waals surface area (Å²) in [6.07, 6.45) is 0. The maximum Gasteiger partial charge on any atom is 0.341 e. The number of benzene rings is 2. The molecule has 7 nitrogen and oxygen atoms in total. The standard InChI is InChI=1S/C21H18FN3O4S2/c1-3-29-20(26)18-17(13-7-5-4-6-8-13)12(2)31-19(18)24-21(30)23-15-10-9-14(22)11-16(15)25(27)28/h4-11H,3H2,1-2H3,(H2,23,24,30). The highest BCUT2D eigenvalue weighted by Crippen LogP contribution is 2.40. The first-order chi connectivity index (χ1) is 14.8. The molecule has 1 heterocycles. The molecule has 160 valence electrons. The number of ether oxygens (including phenoxy) is 1. The van der Waals surface area contributed by atoms with Crippen LogP contribution in [0, 0.1) is 22.9 Å². The molecule has 0 radical (unpaired) electrons. The van der Waals surface area contributed by atoms with Gasteiger partial charge < -0.3 is 15.4 Å². The van der Waals surface area contributed by atoms with E-state index in [1.165, 1.54) is 17.4 Å². The van der Waals surface area contributed by atoms with E-state index in [9.17, 15) is 19.3 Å². The number of nitrogens with one attached hydrogen (secondary N) is 2. The molecule has 2 N–H and O–H groups in total. The van der Waals surface area contributed by atoms with Gasteiger partial charge >= 0.3 is 5.97 Å². The van der Waals surface area contributed by atoms with Crippen molar-refractivity contribution in [3.63, 3.8) is 0 Å². The lowest BCUT2D eigenvalue weighted by Gasteiger charge is -2.12. The fourth-order valence-electron chi connectivity index (χ4n) is 3.00. The van der Waals surface area contributed by atoms with Crippen LogP contribution in [0.1, 0.15) is 22.2 Å². The number of halogens is 1. The minimum atomic E-state index is -0.734. The van der Waals surface area contributed by atoms with Gasteiger partial charge in [-0.1, -0.05) is 30.3 Å². The van der Waals surface area contributed by atoms with Crippen molar-refractivity contribution in [1.82, 2.24) is 0 Å². The molecule has 0 spiro atoms. The third kappa shape index (κ3) is 5.04. The molecule has 0 atom stereocenters. The van der Waals surface area contributed by atoms with Crippen LogP contribution in [0.3, 0.4) is 0 Å². The zero-order chi connectivity index (χ0) is 22.5. The summed E-state index contributed by atoms with van der Waals surface area (Å²) in [5, 5.41) is 17.3. The van der Waals surface area contributed by atoms with Crippen LogP contribution in [0.5, 0.6) is 0 Å². The number of thiophene rings is 1. The van der Waals surface area contributed by atoms with Gasteiger partial charge in [-0.25, -0.2) is 9.18 Å². The van der Waals surface area contributed by atoms with E-state index < -0.39 is 22.4 Å². The molecule has 3 rings (SSSR count). The molecule has 0 saturated carbocycles. The molecular weight excluding hydrogens is 441 g/mol. The largest absolute Gasteiger partial charge is 0.462 e. The van der Waals surface area contributed by atoms with Crippen molar-refractivity contribution in [2.45, 2.75) is 13.8 Å². The molecule has 1 aromatic heterocycles. The summed E-state index contributed by atoms with van der Waals surface area (Å²) < 4.78 is 18.6. The van der Waals surface area contributed by atoms with E-state index in [1.807, 2.05) is 37.3 Å². The summed E-state index contributed by atoms with van der Waals surface area (Å²) in [5.41, 5.74) is 1.47. The second-order valence-electron chi connectivity index (χ2n) is 6.32. The van der Waals surface area contributed by atoms with Gasteiger partial charge in [0, 0.05) is 10.4 Å². The number of thiocarbonyl (C=S) groups is 1. The number of aryl methyl sites for hydroxylation is 1. The molecule has 0 unspecified atom stereocenters. The quantitative estimate of drug-likeness (QED) is 0.210. The fraction of sp³-hybridized carbons (Fsp3) is 0.143. The van der Waals surface area contributed by atoms with Crippen LogP contribution in [-0.4, -0.2) is 22.6 Å². The summed E-state index contributed by atoms with van der Waals surface area (Å²) >= 11 is 6.60. The predicted octanol–water partition coefficient (Wildman–Crippen LogP) is 5.76. The van der Waals surface area contributed by atoms with Gasteiger partial charge in [0.25, 0.3) is 5.69 Å². The Morgan fingerprint density at radius 2 is 1.94 bits per heavy atom. The first kappa shape index (κ1) is 22.3. The normalized spacial score (nSPS) is 10.4. The summed E-state index contributed by atoms with van der Waals surface area (Å²) in [5.74, 6) is -1.24. The van der Waals surface area contributed by atoms with Crippen LogP contribution in [-0.2, 0) is 4.74 Å². The van der Waals surface area contributed by atoms with Gasteiger partial charge in [0.2, 0.25) is 0 Å². The Morgan fingerprint density at radius 1 is 1.23 bits per heavy atom. The SMILES string of the molecule is CCOC(=O)c1c(NC(=S)Nc2ccc(F)cc2[N+](=O)[O-])sc(C)c1-c1ccccc1. The number of nitro benzene ring substituents is 1. The number of carbonyl (C=O) groups excluding carboxylic acids is 1. The summed E-state index contributed by atoms with van der Waals surface area (Å²) in [6, 6.07) is 12.5. The van der Waals surface area contributed by atoms with Crippen molar-refractivity contribution in [1.29, 1.82) is 0 Å². The summed E-state index contributed by atoms with van der Waals surface area (Å²) in [6.45, 7) is 3.79. The van der Waals surface area contributed by atoms with Crippen molar-refractivity contribution in [3.8, 4) is 11.1 Å². The monoisotopic (exact) mass is 459 g/mol. The Morgan fingerprint density at radius 3 is 2.58 bits per heavy atom. The van der Waals surface area contributed by atoms with Crippen LogP contribution in [0.2, 0.25) is 0 Å². The first-order valence-electron chi connectivity index (χ1n) is 9.19. The molecule has 0 aliphatic rings. The van der Waals surface area contributed by atoms with Gasteiger partial charge in [0.1, 0.15) is 22.1 Å². The molecule has 0 amide bonds. The van der Waals surface area contributed by atoms with Crippen LogP contribution < -0.4 is 10.6 Å². The maximum atomic E-state index is 13.4. The average molecular weight is 460 g/mol. The van der Waals surface area contributed by atoms with E-state index >= 15 is 0 Å². The van der Waals surface area contributed by atoms with E-state index in [0.29, 0.717) is 10.6 Å². The average Bonchev–Trinajstić information content (AvgIpc) is 3.05. The smallest absolute Gasteiger partial charge is 0.341 e. The van der Waals surface area contributed by atoms with Crippen molar-refractivity contribution < 1.29 is 18.8 Å². The van der Waals surface area contributed by atoms with Crippen LogP contribution >= 0.6 is 23.6 Å². The number of nitro groups is 1. The number of carbonyl (C=O) groups is 1. The molecule has 0 bridgehead atoms. The highest BCUT2D eigenvalue weighted by atomic mass is 32.1. The molecule has 0 aliphatic heterocycles. The molecule has 3 aromatic rings. The number of anilines is 2. The second-order valence-corrected chi connectivity index (χ2v) is 7.95. The van der Waals surface area contributed by atoms with Crippen molar-refractivity contribution in [3.05, 3.63) is 74.9 Å². The molecule has 2 aromatic carbocycles. The van der Waals surface area contributed by atoms with Gasteiger partial charge in [-0.3, -0.25) is 10.1 Å². The van der Waals surface area contributed by atoms with E-state index in [-0.39, 0.29) is 17.4 Å². The Balaban J connectivity index is 1.96. The molecule has 10 heteroatoms. The fourth-order valence-corrected chi connectivity index (χ4v) is 4.35. The molecule has 0 saturated heterocycles. The third-order valence-corrected chi connectivity index (χ3v) is 5.48. The molecule has 31 heavy (non-hydrogen) atoms. The number of hydrogen-bond acceptors (Lipinski definition) is 6. The molecule has 0 fully saturated rings. The Labute approximate surface area is 187 Å². The van der Waals surface area contributed by atoms with Crippen LogP contribution in [0.25, 0.3) is 11.1 Å². The number of rotatable bonds is 6. The lowest BCUT2D eigenvalue weighted by Crippen LogP contribution is -2.21. The van der Waals surface area contributed by atoms with Gasteiger partial charge in [-0.05, 0) is 43.8 Å². The van der Waals surface area contributed by atoms with E-state index in [0.717, 1.165) is 28.1 Å². The molecular formula is C21H18FN3O4S2. The highest BCUT2D eigenvalue weighted by Gasteiger charge is 2.25. The number of hydrogen-bond donors (Lipinski definition) is 2. The van der Waals surface area contributed by atoms with Crippen molar-refractivity contribution in [2.75, 3.05) is 17.2 Å².